The lowest BCUT2D eigenvalue weighted by molar-refractivity contribution is 0.0572. The predicted octanol–water partition coefficient (Wildman–Crippen LogP) is -0.786. The number of hydrogen-bond acceptors (Lipinski definition) is 6. The highest BCUT2D eigenvalue weighted by Gasteiger charge is 2.30. The molecule has 2 atom stereocenters. The molecule has 0 amide bonds. The molecule has 0 aromatic carbocycles. The number of β-amino-alcohol motifs (C(OH)–C–C–N with tert-alkyl or cyclic N) is 2. The molecule has 0 aliphatic carbocycles. The molecule has 2 heterocycles. The molecule has 16 heavy (non-hydrogen) atoms. The Balaban J connectivity index is 2.22. The molecule has 2 unspecified atom stereocenters. The van der Waals surface area contributed by atoms with Crippen LogP contribution in [0, 0.1) is 0 Å². The Morgan fingerprint density at radius 2 is 2.00 bits per heavy atom. The number of anilines is 2. The summed E-state index contributed by atoms with van der Waals surface area (Å²) < 4.78 is 5.01. The van der Waals surface area contributed by atoms with Gasteiger partial charge >= 0.3 is 0 Å². The van der Waals surface area contributed by atoms with E-state index >= 15 is 0 Å². The molecule has 1 aliphatic rings. The third kappa shape index (κ3) is 1.89. The number of aliphatic hydroxyl groups excluding tert-OH is 2. The normalized spacial score (nSPS) is 24.8. The van der Waals surface area contributed by atoms with Crippen LogP contribution in [-0.2, 0) is 0 Å². The van der Waals surface area contributed by atoms with Crippen LogP contribution in [0.5, 0.6) is 5.88 Å². The van der Waals surface area contributed by atoms with Crippen molar-refractivity contribution in [2.75, 3.05) is 30.8 Å². The smallest absolute Gasteiger partial charge is 0.238 e. The number of nitrogens with zero attached hydrogens (tertiary/aromatic N) is 2. The summed E-state index contributed by atoms with van der Waals surface area (Å²) in [6, 6.07) is 3.43. The van der Waals surface area contributed by atoms with Crippen LogP contribution >= 0.6 is 0 Å². The fraction of sp³-hybridized carbons (Fsp3) is 0.500. The van der Waals surface area contributed by atoms with Gasteiger partial charge in [-0.1, -0.05) is 0 Å². The first kappa shape index (κ1) is 11.0. The van der Waals surface area contributed by atoms with Crippen LogP contribution in [-0.4, -0.2) is 47.6 Å². The fourth-order valence-electron chi connectivity index (χ4n) is 1.74. The van der Waals surface area contributed by atoms with Gasteiger partial charge in [0.25, 0.3) is 0 Å². The number of ether oxygens (including phenoxy) is 1. The van der Waals surface area contributed by atoms with Gasteiger partial charge in [-0.3, -0.25) is 0 Å². The summed E-state index contributed by atoms with van der Waals surface area (Å²) in [4.78, 5) is 5.99. The number of methoxy groups -OCH3 is 1. The molecule has 0 bridgehead atoms. The molecule has 0 spiro atoms. The Hall–Kier alpha value is -1.53. The monoisotopic (exact) mass is 225 g/mol. The van der Waals surface area contributed by atoms with Gasteiger partial charge in [0.1, 0.15) is 5.82 Å². The van der Waals surface area contributed by atoms with E-state index in [0.29, 0.717) is 30.5 Å². The highest BCUT2D eigenvalue weighted by molar-refractivity contribution is 5.55. The minimum absolute atomic E-state index is 0.355. The third-order valence-electron chi connectivity index (χ3n) is 2.65. The van der Waals surface area contributed by atoms with Crippen LogP contribution in [0.1, 0.15) is 0 Å². The molecule has 1 aliphatic heterocycles. The van der Waals surface area contributed by atoms with E-state index in [2.05, 4.69) is 4.98 Å². The highest BCUT2D eigenvalue weighted by atomic mass is 16.5. The second-order valence-corrected chi connectivity index (χ2v) is 3.81. The largest absolute Gasteiger partial charge is 0.479 e. The summed E-state index contributed by atoms with van der Waals surface area (Å²) in [7, 11) is 1.50. The van der Waals surface area contributed by atoms with Crippen molar-refractivity contribution in [2.24, 2.45) is 0 Å². The van der Waals surface area contributed by atoms with Crippen molar-refractivity contribution < 1.29 is 14.9 Å². The summed E-state index contributed by atoms with van der Waals surface area (Å²) in [5.41, 5.74) is 6.11. The lowest BCUT2D eigenvalue weighted by Gasteiger charge is -2.17. The van der Waals surface area contributed by atoms with E-state index in [-0.39, 0.29) is 0 Å². The zero-order chi connectivity index (χ0) is 11.7. The van der Waals surface area contributed by atoms with E-state index in [4.69, 9.17) is 10.5 Å². The summed E-state index contributed by atoms with van der Waals surface area (Å²) in [6.07, 6.45) is -1.46. The van der Waals surface area contributed by atoms with E-state index in [1.54, 1.807) is 17.0 Å². The molecule has 0 saturated carbocycles. The molecule has 88 valence electrons. The first-order valence-corrected chi connectivity index (χ1v) is 5.03. The number of pyridine rings is 1. The van der Waals surface area contributed by atoms with E-state index in [1.807, 2.05) is 0 Å². The molecule has 1 fully saturated rings. The van der Waals surface area contributed by atoms with Crippen LogP contribution in [0.25, 0.3) is 0 Å². The van der Waals surface area contributed by atoms with Crippen LogP contribution in [0.15, 0.2) is 12.1 Å². The van der Waals surface area contributed by atoms with Gasteiger partial charge in [0.15, 0.2) is 0 Å². The van der Waals surface area contributed by atoms with Crippen molar-refractivity contribution in [1.29, 1.82) is 0 Å². The molecule has 1 aromatic heterocycles. The minimum atomic E-state index is -0.731. The Morgan fingerprint density at radius 1 is 1.38 bits per heavy atom. The quantitative estimate of drug-likeness (QED) is 0.611. The predicted molar refractivity (Wildman–Crippen MR) is 59.4 cm³/mol. The number of nitrogen functional groups attached to an aromatic ring is 1. The second kappa shape index (κ2) is 4.15. The van der Waals surface area contributed by atoms with Gasteiger partial charge in [-0.2, -0.15) is 4.98 Å². The Bertz CT molecular complexity index is 376. The van der Waals surface area contributed by atoms with Gasteiger partial charge in [-0.25, -0.2) is 0 Å². The van der Waals surface area contributed by atoms with Crippen LogP contribution < -0.4 is 15.4 Å². The highest BCUT2D eigenvalue weighted by Crippen LogP contribution is 2.25. The van der Waals surface area contributed by atoms with Crippen LogP contribution in [0.2, 0.25) is 0 Å². The van der Waals surface area contributed by atoms with Gasteiger partial charge in [0, 0.05) is 13.1 Å². The fourth-order valence-corrected chi connectivity index (χ4v) is 1.74. The molecule has 1 saturated heterocycles. The number of nitrogens with two attached hydrogens (primary N) is 1. The maximum absolute atomic E-state index is 9.44. The Kier molecular flexibility index (Phi) is 2.84. The van der Waals surface area contributed by atoms with Gasteiger partial charge in [0.2, 0.25) is 5.88 Å². The van der Waals surface area contributed by atoms with Gasteiger partial charge in [-0.05, 0) is 12.1 Å². The number of aliphatic hydroxyl groups is 2. The van der Waals surface area contributed by atoms with Crippen LogP contribution in [0.3, 0.4) is 0 Å². The lowest BCUT2D eigenvalue weighted by atomic mass is 10.3. The van der Waals surface area contributed by atoms with E-state index in [1.165, 1.54) is 7.11 Å². The molecular weight excluding hydrogens is 210 g/mol. The lowest BCUT2D eigenvalue weighted by Crippen LogP contribution is -2.22. The number of rotatable bonds is 2. The SMILES string of the molecule is COc1nc(N2CC(O)C(O)C2)ccc1N. The van der Waals surface area contributed by atoms with Crippen molar-refractivity contribution in [1.82, 2.24) is 4.98 Å². The Labute approximate surface area is 93.3 Å². The molecule has 6 nitrogen and oxygen atoms in total. The number of hydrogen-bond donors (Lipinski definition) is 3. The second-order valence-electron chi connectivity index (χ2n) is 3.81. The van der Waals surface area contributed by atoms with Crippen LogP contribution in [0.4, 0.5) is 11.5 Å². The molecule has 0 radical (unpaired) electrons. The van der Waals surface area contributed by atoms with Gasteiger partial charge in [0.05, 0.1) is 25.0 Å². The van der Waals surface area contributed by atoms with E-state index in [0.717, 1.165) is 0 Å². The maximum Gasteiger partial charge on any atom is 0.238 e. The third-order valence-corrected chi connectivity index (χ3v) is 2.65. The average molecular weight is 225 g/mol. The van der Waals surface area contributed by atoms with Gasteiger partial charge in [-0.15, -0.1) is 0 Å². The van der Waals surface area contributed by atoms with Crippen molar-refractivity contribution in [3.63, 3.8) is 0 Å². The van der Waals surface area contributed by atoms with Crippen molar-refractivity contribution in [2.45, 2.75) is 12.2 Å². The zero-order valence-corrected chi connectivity index (χ0v) is 9.00. The average Bonchev–Trinajstić information content (AvgIpc) is 2.60. The first-order chi connectivity index (χ1) is 7.61. The van der Waals surface area contributed by atoms with Crippen molar-refractivity contribution in [3.8, 4) is 5.88 Å². The van der Waals surface area contributed by atoms with E-state index < -0.39 is 12.2 Å². The molecule has 2 rings (SSSR count). The van der Waals surface area contributed by atoms with Gasteiger partial charge < -0.3 is 25.6 Å². The molecule has 6 heteroatoms. The van der Waals surface area contributed by atoms with Crippen molar-refractivity contribution in [3.05, 3.63) is 12.1 Å². The number of aromatic nitrogens is 1. The van der Waals surface area contributed by atoms with Crippen molar-refractivity contribution >= 4 is 11.5 Å². The zero-order valence-electron chi connectivity index (χ0n) is 9.00. The summed E-state index contributed by atoms with van der Waals surface area (Å²) in [6.45, 7) is 0.725. The molecule has 1 aromatic rings. The minimum Gasteiger partial charge on any atom is -0.479 e. The summed E-state index contributed by atoms with van der Waals surface area (Å²) in [5.74, 6) is 0.995. The summed E-state index contributed by atoms with van der Waals surface area (Å²) in [5, 5.41) is 18.9. The van der Waals surface area contributed by atoms with E-state index in [9.17, 15) is 10.2 Å². The maximum atomic E-state index is 9.44. The Morgan fingerprint density at radius 3 is 2.56 bits per heavy atom. The molecular formula is C10H15N3O3. The first-order valence-electron chi connectivity index (χ1n) is 5.03. The molecule has 4 N–H and O–H groups in total. The standard InChI is InChI=1S/C10H15N3O3/c1-16-10-6(11)2-3-9(12-10)13-4-7(14)8(15)5-13/h2-3,7-8,14-15H,4-5,11H2,1H3. The summed E-state index contributed by atoms with van der Waals surface area (Å²) >= 11 is 0. The topological polar surface area (TPSA) is 91.8 Å².